The second-order valence-electron chi connectivity index (χ2n) is 7.91. The Labute approximate surface area is 189 Å². The molecule has 1 aliphatic heterocycles. The number of piperazine rings is 1. The molecule has 0 radical (unpaired) electrons. The summed E-state index contributed by atoms with van der Waals surface area (Å²) in [6.07, 6.45) is 3.91. The van der Waals surface area contributed by atoms with E-state index in [1.54, 1.807) is 10.6 Å². The van der Waals surface area contributed by atoms with Crippen molar-refractivity contribution in [1.82, 2.24) is 14.5 Å². The predicted molar refractivity (Wildman–Crippen MR) is 129 cm³/mol. The number of aromatic nitrogens is 2. The van der Waals surface area contributed by atoms with Gasteiger partial charge in [-0.15, -0.1) is 12.4 Å². The number of fused-ring (bicyclic) bond motifs is 1. The van der Waals surface area contributed by atoms with Crippen LogP contribution in [0.2, 0.25) is 0 Å². The average molecular weight is 443 g/mol. The molecule has 31 heavy (non-hydrogen) atoms. The Balaban J connectivity index is 0.00000272. The first-order chi connectivity index (χ1) is 14.7. The lowest BCUT2D eigenvalue weighted by atomic mass is 10.1. The van der Waals surface area contributed by atoms with Crippen molar-refractivity contribution in [3.8, 4) is 5.75 Å². The predicted octanol–water partition coefficient (Wildman–Crippen LogP) is 3.74. The number of rotatable bonds is 7. The minimum Gasteiger partial charge on any atom is -0.491 e. The van der Waals surface area contributed by atoms with Gasteiger partial charge in [-0.1, -0.05) is 6.07 Å². The van der Waals surface area contributed by atoms with E-state index in [1.165, 1.54) is 18.2 Å². The standard InChI is InChI=1S/C24H30N4O2.ClH/c1-19-10-11-20-21(25-19)7-5-8-22(20)27-17-15-26(16-18-27)12-3-4-13-28-14-6-9-23(30-2)24(28)29;/h5-11,14H,3-4,12-13,15-18H2,1-2H3;1H. The summed E-state index contributed by atoms with van der Waals surface area (Å²) in [5, 5.41) is 1.24. The van der Waals surface area contributed by atoms with E-state index in [4.69, 9.17) is 4.74 Å². The van der Waals surface area contributed by atoms with Gasteiger partial charge in [-0.3, -0.25) is 14.7 Å². The lowest BCUT2D eigenvalue weighted by molar-refractivity contribution is 0.251. The van der Waals surface area contributed by atoms with Crippen LogP contribution in [0, 0.1) is 6.92 Å². The van der Waals surface area contributed by atoms with E-state index in [2.05, 4.69) is 45.1 Å². The highest BCUT2D eigenvalue weighted by Crippen LogP contribution is 2.27. The highest BCUT2D eigenvalue weighted by Gasteiger charge is 2.18. The van der Waals surface area contributed by atoms with Crippen LogP contribution >= 0.6 is 12.4 Å². The summed E-state index contributed by atoms with van der Waals surface area (Å²) in [5.41, 5.74) is 3.37. The highest BCUT2D eigenvalue weighted by molar-refractivity contribution is 5.92. The lowest BCUT2D eigenvalue weighted by Gasteiger charge is -2.36. The number of aryl methyl sites for hydroxylation is 2. The molecular weight excluding hydrogens is 412 g/mol. The summed E-state index contributed by atoms with van der Waals surface area (Å²) in [7, 11) is 1.54. The van der Waals surface area contributed by atoms with Crippen molar-refractivity contribution in [2.75, 3.05) is 44.7 Å². The van der Waals surface area contributed by atoms with Gasteiger partial charge in [-0.05, 0) is 62.7 Å². The van der Waals surface area contributed by atoms with Gasteiger partial charge >= 0.3 is 0 Å². The molecule has 3 aromatic rings. The number of hydrogen-bond donors (Lipinski definition) is 0. The average Bonchev–Trinajstić information content (AvgIpc) is 2.77. The molecule has 4 rings (SSSR count). The van der Waals surface area contributed by atoms with Gasteiger partial charge in [0.25, 0.3) is 5.56 Å². The second-order valence-corrected chi connectivity index (χ2v) is 7.91. The fourth-order valence-electron chi connectivity index (χ4n) is 4.19. The van der Waals surface area contributed by atoms with Crippen LogP contribution < -0.4 is 15.2 Å². The number of anilines is 1. The summed E-state index contributed by atoms with van der Waals surface area (Å²) in [6.45, 7) is 8.03. The minimum absolute atomic E-state index is 0. The molecule has 1 fully saturated rings. The van der Waals surface area contributed by atoms with Crippen molar-refractivity contribution in [2.45, 2.75) is 26.3 Å². The maximum atomic E-state index is 12.2. The van der Waals surface area contributed by atoms with Crippen LogP contribution in [0.25, 0.3) is 10.9 Å². The molecule has 0 unspecified atom stereocenters. The number of halogens is 1. The molecular formula is C24H31ClN4O2. The monoisotopic (exact) mass is 442 g/mol. The Morgan fingerprint density at radius 2 is 1.74 bits per heavy atom. The van der Waals surface area contributed by atoms with E-state index in [0.717, 1.165) is 63.3 Å². The van der Waals surface area contributed by atoms with Crippen molar-refractivity contribution in [3.05, 3.63) is 64.7 Å². The van der Waals surface area contributed by atoms with Crippen LogP contribution in [0.3, 0.4) is 0 Å². The SMILES string of the molecule is COc1cccn(CCCCN2CCN(c3cccc4nc(C)ccc34)CC2)c1=O.Cl. The quantitative estimate of drug-likeness (QED) is 0.522. The molecule has 1 saturated heterocycles. The Morgan fingerprint density at radius 3 is 2.52 bits per heavy atom. The molecule has 0 aliphatic carbocycles. The van der Waals surface area contributed by atoms with Crippen LogP contribution in [-0.4, -0.2) is 54.3 Å². The number of ether oxygens (including phenoxy) is 1. The van der Waals surface area contributed by atoms with E-state index < -0.39 is 0 Å². The molecule has 0 saturated carbocycles. The number of nitrogens with zero attached hydrogens (tertiary/aromatic N) is 4. The van der Waals surface area contributed by atoms with E-state index in [9.17, 15) is 4.79 Å². The number of methoxy groups -OCH3 is 1. The second kappa shape index (κ2) is 10.6. The van der Waals surface area contributed by atoms with Crippen molar-refractivity contribution < 1.29 is 4.74 Å². The van der Waals surface area contributed by atoms with E-state index >= 15 is 0 Å². The molecule has 0 atom stereocenters. The smallest absolute Gasteiger partial charge is 0.292 e. The molecule has 0 spiro atoms. The Bertz CT molecular complexity index is 1060. The molecule has 166 valence electrons. The topological polar surface area (TPSA) is 50.6 Å². The molecule has 3 heterocycles. The lowest BCUT2D eigenvalue weighted by Crippen LogP contribution is -2.46. The van der Waals surface area contributed by atoms with Crippen molar-refractivity contribution >= 4 is 29.0 Å². The maximum absolute atomic E-state index is 12.2. The molecule has 2 aromatic heterocycles. The molecule has 1 aromatic carbocycles. The van der Waals surface area contributed by atoms with Gasteiger partial charge in [-0.25, -0.2) is 0 Å². The van der Waals surface area contributed by atoms with Gasteiger partial charge in [0.1, 0.15) is 0 Å². The fourth-order valence-corrected chi connectivity index (χ4v) is 4.19. The molecule has 0 N–H and O–H groups in total. The van der Waals surface area contributed by atoms with Crippen LogP contribution in [0.15, 0.2) is 53.5 Å². The Hall–Kier alpha value is -2.57. The summed E-state index contributed by atoms with van der Waals surface area (Å²) in [6, 6.07) is 14.3. The van der Waals surface area contributed by atoms with Gasteiger partial charge in [0.15, 0.2) is 5.75 Å². The van der Waals surface area contributed by atoms with E-state index in [0.29, 0.717) is 5.75 Å². The molecule has 0 amide bonds. The van der Waals surface area contributed by atoms with E-state index in [1.807, 2.05) is 19.2 Å². The first kappa shape index (κ1) is 23.1. The van der Waals surface area contributed by atoms with Crippen LogP contribution in [-0.2, 0) is 6.54 Å². The third kappa shape index (κ3) is 5.38. The van der Waals surface area contributed by atoms with Gasteiger partial charge < -0.3 is 14.2 Å². The molecule has 0 bridgehead atoms. The fraction of sp³-hybridized carbons (Fsp3) is 0.417. The number of pyridine rings is 2. The zero-order valence-corrected chi connectivity index (χ0v) is 19.1. The summed E-state index contributed by atoms with van der Waals surface area (Å²) in [4.78, 5) is 21.9. The van der Waals surface area contributed by atoms with Gasteiger partial charge in [0.2, 0.25) is 0 Å². The van der Waals surface area contributed by atoms with Crippen molar-refractivity contribution in [2.24, 2.45) is 0 Å². The number of unbranched alkanes of at least 4 members (excludes halogenated alkanes) is 1. The highest BCUT2D eigenvalue weighted by atomic mass is 35.5. The summed E-state index contributed by atoms with van der Waals surface area (Å²) < 4.78 is 6.86. The van der Waals surface area contributed by atoms with E-state index in [-0.39, 0.29) is 18.0 Å². The van der Waals surface area contributed by atoms with Crippen molar-refractivity contribution in [3.63, 3.8) is 0 Å². The van der Waals surface area contributed by atoms with Crippen LogP contribution in [0.5, 0.6) is 5.75 Å². The zero-order chi connectivity index (χ0) is 20.9. The van der Waals surface area contributed by atoms with Gasteiger partial charge in [-0.2, -0.15) is 0 Å². The largest absolute Gasteiger partial charge is 0.491 e. The molecule has 1 aliphatic rings. The van der Waals surface area contributed by atoms with Gasteiger partial charge in [0, 0.05) is 55.7 Å². The van der Waals surface area contributed by atoms with Crippen molar-refractivity contribution in [1.29, 1.82) is 0 Å². The Kier molecular flexibility index (Phi) is 7.93. The summed E-state index contributed by atoms with van der Waals surface area (Å²) >= 11 is 0. The molecule has 7 heteroatoms. The molecule has 6 nitrogen and oxygen atoms in total. The Morgan fingerprint density at radius 1 is 0.968 bits per heavy atom. The zero-order valence-electron chi connectivity index (χ0n) is 18.3. The van der Waals surface area contributed by atoms with Gasteiger partial charge in [0.05, 0.1) is 12.6 Å². The normalized spacial score (nSPS) is 14.5. The third-order valence-corrected chi connectivity index (χ3v) is 5.89. The number of hydrogen-bond acceptors (Lipinski definition) is 5. The first-order valence-electron chi connectivity index (χ1n) is 10.7. The van der Waals surface area contributed by atoms with Crippen LogP contribution in [0.4, 0.5) is 5.69 Å². The maximum Gasteiger partial charge on any atom is 0.292 e. The third-order valence-electron chi connectivity index (χ3n) is 5.89. The first-order valence-corrected chi connectivity index (χ1v) is 10.7. The summed E-state index contributed by atoms with van der Waals surface area (Å²) in [5.74, 6) is 0.410. The van der Waals surface area contributed by atoms with Crippen LogP contribution in [0.1, 0.15) is 18.5 Å². The number of benzene rings is 1. The minimum atomic E-state index is -0.0478.